The molecule has 0 aliphatic heterocycles. The largest absolute Gasteiger partial charge is 0.316 e. The van der Waals surface area contributed by atoms with Gasteiger partial charge in [-0.25, -0.2) is 0 Å². The fourth-order valence-corrected chi connectivity index (χ4v) is 3.56. The van der Waals surface area contributed by atoms with E-state index in [4.69, 9.17) is 11.6 Å². The highest BCUT2D eigenvalue weighted by atomic mass is 35.5. The standard InChI is InChI=1S/C17H32ClN3/c1-6-10-13(11-7-2)15(19-5)12-16-17(18)14(8-3)20-21(16)9-4/h13,15,19H,6-12H2,1-5H3. The van der Waals surface area contributed by atoms with Gasteiger partial charge in [0.15, 0.2) is 0 Å². The molecule has 4 heteroatoms. The van der Waals surface area contributed by atoms with Gasteiger partial charge in [0.1, 0.15) is 0 Å². The van der Waals surface area contributed by atoms with Crippen molar-refractivity contribution in [2.75, 3.05) is 7.05 Å². The third kappa shape index (κ3) is 4.72. The van der Waals surface area contributed by atoms with E-state index in [1.807, 2.05) is 0 Å². The van der Waals surface area contributed by atoms with Crippen LogP contribution < -0.4 is 5.32 Å². The van der Waals surface area contributed by atoms with Crippen LogP contribution in [-0.2, 0) is 19.4 Å². The van der Waals surface area contributed by atoms with Crippen molar-refractivity contribution in [2.45, 2.75) is 78.8 Å². The Morgan fingerprint density at radius 1 is 1.14 bits per heavy atom. The molecule has 1 unspecified atom stereocenters. The fraction of sp³-hybridized carbons (Fsp3) is 0.824. The average Bonchev–Trinajstić information content (AvgIpc) is 2.80. The molecule has 3 nitrogen and oxygen atoms in total. The maximum atomic E-state index is 6.56. The summed E-state index contributed by atoms with van der Waals surface area (Å²) in [4.78, 5) is 0. The molecule has 0 saturated carbocycles. The van der Waals surface area contributed by atoms with Crippen molar-refractivity contribution in [2.24, 2.45) is 5.92 Å². The third-order valence-corrected chi connectivity index (χ3v) is 4.80. The van der Waals surface area contributed by atoms with Gasteiger partial charge in [0, 0.05) is 19.0 Å². The summed E-state index contributed by atoms with van der Waals surface area (Å²) in [5.74, 6) is 0.714. The molecule has 0 radical (unpaired) electrons. The Bertz CT molecular complexity index is 408. The topological polar surface area (TPSA) is 29.9 Å². The van der Waals surface area contributed by atoms with Gasteiger partial charge in [-0.2, -0.15) is 5.10 Å². The second-order valence-corrected chi connectivity index (χ2v) is 6.19. The van der Waals surface area contributed by atoms with Crippen LogP contribution in [0.2, 0.25) is 5.02 Å². The van der Waals surface area contributed by atoms with Crippen LogP contribution in [0, 0.1) is 5.92 Å². The second kappa shape index (κ2) is 9.47. The summed E-state index contributed by atoms with van der Waals surface area (Å²) in [5, 5.41) is 9.05. The predicted octanol–water partition coefficient (Wildman–Crippen LogP) is 4.47. The minimum absolute atomic E-state index is 0.481. The van der Waals surface area contributed by atoms with Crippen LogP contribution in [0.15, 0.2) is 0 Å². The van der Waals surface area contributed by atoms with Gasteiger partial charge in [-0.15, -0.1) is 0 Å². The number of likely N-dealkylation sites (N-methyl/N-ethyl adjacent to an activating group) is 1. The molecule has 122 valence electrons. The predicted molar refractivity (Wildman–Crippen MR) is 92.1 cm³/mol. The van der Waals surface area contributed by atoms with E-state index < -0.39 is 0 Å². The Morgan fingerprint density at radius 3 is 2.19 bits per heavy atom. The summed E-state index contributed by atoms with van der Waals surface area (Å²) in [5.41, 5.74) is 2.23. The monoisotopic (exact) mass is 313 g/mol. The van der Waals surface area contributed by atoms with Crippen molar-refractivity contribution in [1.82, 2.24) is 15.1 Å². The lowest BCUT2D eigenvalue weighted by atomic mass is 9.87. The van der Waals surface area contributed by atoms with Gasteiger partial charge in [0.2, 0.25) is 0 Å². The van der Waals surface area contributed by atoms with Crippen LogP contribution in [0.1, 0.15) is 64.8 Å². The highest BCUT2D eigenvalue weighted by Gasteiger charge is 2.23. The number of hydrogen-bond acceptors (Lipinski definition) is 2. The van der Waals surface area contributed by atoms with Crippen LogP contribution in [0.25, 0.3) is 0 Å². The Balaban J connectivity index is 2.96. The molecule has 0 saturated heterocycles. The lowest BCUT2D eigenvalue weighted by Gasteiger charge is -2.27. The zero-order valence-corrected chi connectivity index (χ0v) is 15.1. The van der Waals surface area contributed by atoms with E-state index >= 15 is 0 Å². The first-order valence-corrected chi connectivity index (χ1v) is 8.91. The molecule has 0 fully saturated rings. The molecule has 0 amide bonds. The van der Waals surface area contributed by atoms with E-state index in [-0.39, 0.29) is 0 Å². The zero-order valence-electron chi connectivity index (χ0n) is 14.4. The normalized spacial score (nSPS) is 13.1. The van der Waals surface area contributed by atoms with Crippen LogP contribution in [0.4, 0.5) is 0 Å². The fourth-order valence-electron chi connectivity index (χ4n) is 3.21. The quantitative estimate of drug-likeness (QED) is 0.691. The molecule has 1 heterocycles. The Morgan fingerprint density at radius 2 is 1.76 bits per heavy atom. The number of nitrogens with zero attached hydrogens (tertiary/aromatic N) is 2. The highest BCUT2D eigenvalue weighted by Crippen LogP contribution is 2.27. The van der Waals surface area contributed by atoms with E-state index in [0.717, 1.165) is 30.1 Å². The highest BCUT2D eigenvalue weighted by molar-refractivity contribution is 6.31. The van der Waals surface area contributed by atoms with Gasteiger partial charge in [0.25, 0.3) is 0 Å². The minimum atomic E-state index is 0.481. The Hall–Kier alpha value is -0.540. The van der Waals surface area contributed by atoms with E-state index in [1.165, 1.54) is 31.4 Å². The second-order valence-electron chi connectivity index (χ2n) is 5.81. The van der Waals surface area contributed by atoms with Crippen molar-refractivity contribution in [3.63, 3.8) is 0 Å². The zero-order chi connectivity index (χ0) is 15.8. The third-order valence-electron chi connectivity index (χ3n) is 4.37. The van der Waals surface area contributed by atoms with Crippen LogP contribution in [-0.4, -0.2) is 22.9 Å². The van der Waals surface area contributed by atoms with Crippen molar-refractivity contribution in [3.05, 3.63) is 16.4 Å². The van der Waals surface area contributed by atoms with E-state index in [0.29, 0.717) is 12.0 Å². The van der Waals surface area contributed by atoms with Gasteiger partial charge < -0.3 is 5.32 Å². The van der Waals surface area contributed by atoms with Crippen LogP contribution >= 0.6 is 11.6 Å². The Labute approximate surface area is 135 Å². The number of halogens is 1. The average molecular weight is 314 g/mol. The summed E-state index contributed by atoms with van der Waals surface area (Å²) >= 11 is 6.56. The van der Waals surface area contributed by atoms with Crippen LogP contribution in [0.5, 0.6) is 0 Å². The van der Waals surface area contributed by atoms with Crippen molar-refractivity contribution >= 4 is 11.6 Å². The lowest BCUT2D eigenvalue weighted by molar-refractivity contribution is 0.318. The van der Waals surface area contributed by atoms with Crippen LogP contribution in [0.3, 0.4) is 0 Å². The first-order valence-electron chi connectivity index (χ1n) is 8.53. The SMILES string of the molecule is CCCC(CCC)C(Cc1c(Cl)c(CC)nn1CC)NC. The summed E-state index contributed by atoms with van der Waals surface area (Å²) < 4.78 is 2.08. The number of aromatic nitrogens is 2. The molecule has 1 rings (SSSR count). The smallest absolute Gasteiger partial charge is 0.0850 e. The molecule has 1 atom stereocenters. The summed E-state index contributed by atoms with van der Waals surface area (Å²) in [6.07, 6.45) is 6.90. The van der Waals surface area contributed by atoms with E-state index in [9.17, 15) is 0 Å². The minimum Gasteiger partial charge on any atom is -0.316 e. The maximum Gasteiger partial charge on any atom is 0.0850 e. The molecule has 0 aromatic carbocycles. The Kier molecular flexibility index (Phi) is 8.35. The molecule has 1 N–H and O–H groups in total. The molecule has 1 aromatic rings. The number of nitrogens with one attached hydrogen (secondary N) is 1. The van der Waals surface area contributed by atoms with Gasteiger partial charge in [-0.05, 0) is 39.2 Å². The number of rotatable bonds is 10. The molecule has 0 bridgehead atoms. The van der Waals surface area contributed by atoms with E-state index in [2.05, 4.69) is 49.8 Å². The van der Waals surface area contributed by atoms with Gasteiger partial charge >= 0.3 is 0 Å². The lowest BCUT2D eigenvalue weighted by Crippen LogP contribution is -2.36. The molecule has 0 aliphatic rings. The van der Waals surface area contributed by atoms with Crippen molar-refractivity contribution in [1.29, 1.82) is 0 Å². The van der Waals surface area contributed by atoms with E-state index in [1.54, 1.807) is 0 Å². The van der Waals surface area contributed by atoms with Gasteiger partial charge in [0.05, 0.1) is 16.4 Å². The summed E-state index contributed by atoms with van der Waals surface area (Å²) in [6, 6.07) is 0.481. The molecule has 21 heavy (non-hydrogen) atoms. The molecular weight excluding hydrogens is 282 g/mol. The molecule has 0 spiro atoms. The molecule has 0 aliphatic carbocycles. The first kappa shape index (κ1) is 18.5. The number of aryl methyl sites for hydroxylation is 2. The first-order chi connectivity index (χ1) is 10.1. The van der Waals surface area contributed by atoms with Gasteiger partial charge in [-0.3, -0.25) is 4.68 Å². The van der Waals surface area contributed by atoms with Gasteiger partial charge in [-0.1, -0.05) is 45.2 Å². The summed E-state index contributed by atoms with van der Waals surface area (Å²) in [7, 11) is 2.07. The molecular formula is C17H32ClN3. The maximum absolute atomic E-state index is 6.56. The number of hydrogen-bond donors (Lipinski definition) is 1. The molecule has 1 aromatic heterocycles. The van der Waals surface area contributed by atoms with Crippen molar-refractivity contribution in [3.8, 4) is 0 Å². The summed E-state index contributed by atoms with van der Waals surface area (Å²) in [6.45, 7) is 9.68. The van der Waals surface area contributed by atoms with Crippen molar-refractivity contribution < 1.29 is 0 Å².